The molecule has 0 atom stereocenters. The van der Waals surface area contributed by atoms with Gasteiger partial charge in [-0.3, -0.25) is 0 Å². The van der Waals surface area contributed by atoms with Crippen LogP contribution < -0.4 is 20.4 Å². The molecule has 24 heavy (non-hydrogen) atoms. The maximum absolute atomic E-state index is 6.28. The molecular formula is C21H17BNO+. The van der Waals surface area contributed by atoms with Gasteiger partial charge in [-0.2, -0.15) is 0 Å². The molecule has 0 bridgehead atoms. The van der Waals surface area contributed by atoms with Gasteiger partial charge in [-0.05, 0) is 34.3 Å². The second-order valence-corrected chi connectivity index (χ2v) is 6.60. The molecule has 0 saturated heterocycles. The molecule has 0 N–H and O–H groups in total. The number of aryl methyl sites for hydroxylation is 1. The van der Waals surface area contributed by atoms with E-state index in [1.165, 1.54) is 33.2 Å². The summed E-state index contributed by atoms with van der Waals surface area (Å²) in [5.41, 5.74) is 7.68. The van der Waals surface area contributed by atoms with Crippen molar-refractivity contribution in [2.75, 3.05) is 0 Å². The van der Waals surface area contributed by atoms with Crippen molar-refractivity contribution in [3.63, 3.8) is 0 Å². The standard InChI is InChI=1S/C21H17BNO/c1-14-13-15-7-3-4-8-16(15)17-9-5-10-18-20(17)22(14)21-19(24-18)11-6-12-23(21)2/h3-13H,1-2H3/q+1. The minimum absolute atomic E-state index is 0.221. The Morgan fingerprint density at radius 1 is 0.875 bits per heavy atom. The number of hydrogen-bond acceptors (Lipinski definition) is 1. The molecule has 2 aliphatic heterocycles. The van der Waals surface area contributed by atoms with Crippen molar-refractivity contribution in [3.8, 4) is 22.6 Å². The van der Waals surface area contributed by atoms with Crippen LogP contribution in [0, 0.1) is 0 Å². The van der Waals surface area contributed by atoms with Crippen LogP contribution in [-0.2, 0) is 7.05 Å². The number of ether oxygens (including phenoxy) is 1. The summed E-state index contributed by atoms with van der Waals surface area (Å²) in [5, 5.41) is 0. The Morgan fingerprint density at radius 3 is 2.58 bits per heavy atom. The normalized spacial score (nSPS) is 13.9. The Kier molecular flexibility index (Phi) is 2.75. The first-order chi connectivity index (χ1) is 11.7. The molecule has 2 nitrogen and oxygen atoms in total. The highest BCUT2D eigenvalue weighted by atomic mass is 16.5. The van der Waals surface area contributed by atoms with Gasteiger partial charge in [0, 0.05) is 6.07 Å². The van der Waals surface area contributed by atoms with Crippen LogP contribution in [0.25, 0.3) is 17.2 Å². The summed E-state index contributed by atoms with van der Waals surface area (Å²) < 4.78 is 8.46. The first kappa shape index (κ1) is 13.6. The van der Waals surface area contributed by atoms with E-state index in [0.717, 1.165) is 11.5 Å². The zero-order valence-corrected chi connectivity index (χ0v) is 13.8. The molecule has 0 aliphatic carbocycles. The van der Waals surface area contributed by atoms with E-state index < -0.39 is 0 Å². The SMILES string of the molecule is CC1=Cc2ccccc2-c2cccc3c2B1c1c(ccc[n+]1C)O3. The number of benzene rings is 2. The fourth-order valence-corrected chi connectivity index (χ4v) is 4.09. The fourth-order valence-electron chi connectivity index (χ4n) is 4.09. The smallest absolute Gasteiger partial charge is 0.330 e. The van der Waals surface area contributed by atoms with Crippen molar-refractivity contribution >= 4 is 23.8 Å². The number of rotatable bonds is 0. The first-order valence-corrected chi connectivity index (χ1v) is 8.31. The summed E-state index contributed by atoms with van der Waals surface area (Å²) in [6.45, 7) is 2.45. The highest BCUT2D eigenvalue weighted by molar-refractivity contribution is 6.92. The molecule has 0 unspecified atom stereocenters. The number of allylic oxidation sites excluding steroid dienone is 1. The van der Waals surface area contributed by atoms with Crippen LogP contribution in [-0.4, -0.2) is 6.71 Å². The maximum Gasteiger partial charge on any atom is 0.330 e. The van der Waals surface area contributed by atoms with Crippen molar-refractivity contribution in [1.82, 2.24) is 0 Å². The molecule has 5 rings (SSSR count). The van der Waals surface area contributed by atoms with Gasteiger partial charge >= 0.3 is 6.71 Å². The lowest BCUT2D eigenvalue weighted by Crippen LogP contribution is -2.62. The highest BCUT2D eigenvalue weighted by Gasteiger charge is 2.42. The summed E-state index contributed by atoms with van der Waals surface area (Å²) in [7, 11) is 2.10. The van der Waals surface area contributed by atoms with Crippen LogP contribution in [0.15, 0.2) is 66.3 Å². The minimum atomic E-state index is 0.221. The lowest BCUT2D eigenvalue weighted by Gasteiger charge is -2.25. The Balaban J connectivity index is 1.92. The molecule has 0 radical (unpaired) electrons. The van der Waals surface area contributed by atoms with Crippen LogP contribution in [0.5, 0.6) is 11.5 Å². The molecule has 2 aromatic carbocycles. The average Bonchev–Trinajstić information content (AvgIpc) is 2.72. The molecule has 0 saturated carbocycles. The number of nitrogens with zero attached hydrogens (tertiary/aromatic N) is 1. The van der Waals surface area contributed by atoms with Crippen molar-refractivity contribution in [2.45, 2.75) is 6.92 Å². The van der Waals surface area contributed by atoms with Gasteiger partial charge in [0.2, 0.25) is 0 Å². The third-order valence-corrected chi connectivity index (χ3v) is 5.13. The number of fused-ring (bicyclic) bond motifs is 4. The number of aromatic nitrogens is 1. The largest absolute Gasteiger partial charge is 0.452 e. The van der Waals surface area contributed by atoms with Gasteiger partial charge in [-0.25, -0.2) is 4.57 Å². The van der Waals surface area contributed by atoms with Gasteiger partial charge in [0.15, 0.2) is 17.5 Å². The predicted octanol–water partition coefficient (Wildman–Crippen LogP) is 2.85. The summed E-state index contributed by atoms with van der Waals surface area (Å²) in [6, 6.07) is 19.1. The van der Waals surface area contributed by atoms with Crippen molar-refractivity contribution < 1.29 is 9.30 Å². The monoisotopic (exact) mass is 310 g/mol. The molecule has 3 aromatic rings. The molecule has 0 fully saturated rings. The Labute approximate surface area is 142 Å². The van der Waals surface area contributed by atoms with Gasteiger partial charge in [-0.1, -0.05) is 54.9 Å². The second kappa shape index (κ2) is 4.84. The number of hydrogen-bond donors (Lipinski definition) is 0. The lowest BCUT2D eigenvalue weighted by atomic mass is 9.36. The Bertz CT molecular complexity index is 1020. The molecule has 0 amide bonds. The van der Waals surface area contributed by atoms with E-state index in [1.807, 2.05) is 6.07 Å². The molecule has 1 aromatic heterocycles. The van der Waals surface area contributed by atoms with Crippen LogP contribution >= 0.6 is 0 Å². The summed E-state index contributed by atoms with van der Waals surface area (Å²) in [5.74, 6) is 1.93. The minimum Gasteiger partial charge on any atom is -0.452 e. The van der Waals surface area contributed by atoms with E-state index >= 15 is 0 Å². The van der Waals surface area contributed by atoms with E-state index in [-0.39, 0.29) is 6.71 Å². The molecule has 114 valence electrons. The summed E-state index contributed by atoms with van der Waals surface area (Å²) in [6.07, 6.45) is 4.42. The zero-order valence-electron chi connectivity index (χ0n) is 13.8. The van der Waals surface area contributed by atoms with Gasteiger partial charge in [0.05, 0.1) is 0 Å². The number of pyridine rings is 1. The first-order valence-electron chi connectivity index (χ1n) is 8.31. The molecule has 0 spiro atoms. The van der Waals surface area contributed by atoms with Crippen LogP contribution in [0.4, 0.5) is 0 Å². The topological polar surface area (TPSA) is 13.1 Å². The summed E-state index contributed by atoms with van der Waals surface area (Å²) >= 11 is 0. The second-order valence-electron chi connectivity index (χ2n) is 6.60. The quantitative estimate of drug-likeness (QED) is 0.460. The van der Waals surface area contributed by atoms with Crippen LogP contribution in [0.1, 0.15) is 12.5 Å². The van der Waals surface area contributed by atoms with Crippen LogP contribution in [0.2, 0.25) is 0 Å². The van der Waals surface area contributed by atoms with E-state index in [2.05, 4.69) is 79.3 Å². The van der Waals surface area contributed by atoms with Gasteiger partial charge in [-0.15, -0.1) is 0 Å². The highest BCUT2D eigenvalue weighted by Crippen LogP contribution is 2.35. The Morgan fingerprint density at radius 2 is 1.67 bits per heavy atom. The van der Waals surface area contributed by atoms with Crippen LogP contribution in [0.3, 0.4) is 0 Å². The summed E-state index contributed by atoms with van der Waals surface area (Å²) in [4.78, 5) is 0. The van der Waals surface area contributed by atoms with E-state index in [1.54, 1.807) is 0 Å². The van der Waals surface area contributed by atoms with Crippen molar-refractivity contribution in [2.24, 2.45) is 7.05 Å². The van der Waals surface area contributed by atoms with Gasteiger partial charge < -0.3 is 4.74 Å². The Hall–Kier alpha value is -2.81. The predicted molar refractivity (Wildman–Crippen MR) is 98.2 cm³/mol. The molecule has 3 heterocycles. The third kappa shape index (κ3) is 1.75. The van der Waals surface area contributed by atoms with E-state index in [9.17, 15) is 0 Å². The van der Waals surface area contributed by atoms with Gasteiger partial charge in [0.1, 0.15) is 12.8 Å². The van der Waals surface area contributed by atoms with Crippen molar-refractivity contribution in [1.29, 1.82) is 0 Å². The van der Waals surface area contributed by atoms with Crippen molar-refractivity contribution in [3.05, 3.63) is 71.8 Å². The molecular weight excluding hydrogens is 293 g/mol. The molecule has 3 heteroatoms. The maximum atomic E-state index is 6.28. The van der Waals surface area contributed by atoms with Gasteiger partial charge in [0.25, 0.3) is 0 Å². The average molecular weight is 310 g/mol. The molecule has 2 aliphatic rings. The third-order valence-electron chi connectivity index (χ3n) is 5.13. The zero-order chi connectivity index (χ0) is 16.3. The fraction of sp³-hybridized carbons (Fsp3) is 0.0952. The van der Waals surface area contributed by atoms with E-state index in [0.29, 0.717) is 0 Å². The lowest BCUT2D eigenvalue weighted by molar-refractivity contribution is -0.654. The van der Waals surface area contributed by atoms with E-state index in [4.69, 9.17) is 4.74 Å².